The Morgan fingerprint density at radius 1 is 1.39 bits per heavy atom. The van der Waals surface area contributed by atoms with Crippen molar-refractivity contribution in [2.75, 3.05) is 0 Å². The zero-order valence-corrected chi connectivity index (χ0v) is 11.6. The maximum Gasteiger partial charge on any atom is 0.159 e. The highest BCUT2D eigenvalue weighted by molar-refractivity contribution is 5.98. The molecule has 1 fully saturated rings. The fraction of sp³-hybridized carbons (Fsp3) is 0.733. The number of aliphatic hydroxyl groups excluding tert-OH is 1. The summed E-state index contributed by atoms with van der Waals surface area (Å²) in [4.78, 5) is 24.2. The van der Waals surface area contributed by atoms with E-state index in [1.807, 2.05) is 20.8 Å². The van der Waals surface area contributed by atoms with E-state index in [4.69, 9.17) is 0 Å². The van der Waals surface area contributed by atoms with E-state index >= 15 is 0 Å². The number of Topliss-reactive ketones (excluding diaryl/α,β-unsaturated/α-hetero) is 2. The summed E-state index contributed by atoms with van der Waals surface area (Å²) in [7, 11) is 0. The molecule has 100 valence electrons. The van der Waals surface area contributed by atoms with Gasteiger partial charge in [0.25, 0.3) is 0 Å². The van der Waals surface area contributed by atoms with Gasteiger partial charge in [-0.3, -0.25) is 9.59 Å². The third-order valence-electron chi connectivity index (χ3n) is 4.88. The first-order valence-electron chi connectivity index (χ1n) is 6.73. The summed E-state index contributed by atoms with van der Waals surface area (Å²) in [6.45, 7) is 7.74. The summed E-state index contributed by atoms with van der Waals surface area (Å²) >= 11 is 0. The maximum atomic E-state index is 12.2. The Kier molecular flexibility index (Phi) is 3.22. The van der Waals surface area contributed by atoms with E-state index in [-0.39, 0.29) is 29.3 Å². The fourth-order valence-corrected chi connectivity index (χ4v) is 3.98. The van der Waals surface area contributed by atoms with Crippen LogP contribution in [0.5, 0.6) is 0 Å². The average Bonchev–Trinajstić information content (AvgIpc) is 2.48. The predicted octanol–water partition coefficient (Wildman–Crippen LogP) is 2.13. The molecule has 2 rings (SSSR count). The highest BCUT2D eigenvalue weighted by atomic mass is 16.3. The first kappa shape index (κ1) is 13.5. The molecule has 0 aliphatic heterocycles. The number of allylic oxidation sites excluding steroid dienone is 1. The Balaban J connectivity index is 2.51. The minimum absolute atomic E-state index is 0.0701. The third-order valence-corrected chi connectivity index (χ3v) is 4.88. The van der Waals surface area contributed by atoms with E-state index in [9.17, 15) is 14.7 Å². The van der Waals surface area contributed by atoms with E-state index in [2.05, 4.69) is 0 Å². The standard InChI is InChI=1S/C15H22O3/c1-8(2)14-11(16)6-10(4)15(14)7-12(17)9(3)5-13(15)18/h5,8,10,13-14,18H,6-7H2,1-4H3/t10-,13?,14-,15-/m0/s1. The van der Waals surface area contributed by atoms with E-state index in [0.29, 0.717) is 18.4 Å². The number of ketones is 2. The van der Waals surface area contributed by atoms with Gasteiger partial charge < -0.3 is 5.11 Å². The molecule has 0 aromatic carbocycles. The van der Waals surface area contributed by atoms with Crippen LogP contribution in [-0.2, 0) is 9.59 Å². The molecule has 0 aromatic heterocycles. The van der Waals surface area contributed by atoms with Crippen molar-refractivity contribution in [3.63, 3.8) is 0 Å². The quantitative estimate of drug-likeness (QED) is 0.775. The van der Waals surface area contributed by atoms with Crippen LogP contribution in [0.2, 0.25) is 0 Å². The number of aliphatic hydroxyl groups is 1. The van der Waals surface area contributed by atoms with Gasteiger partial charge in [0.2, 0.25) is 0 Å². The van der Waals surface area contributed by atoms with E-state index in [1.165, 1.54) is 0 Å². The Bertz CT molecular complexity index is 421. The van der Waals surface area contributed by atoms with Crippen LogP contribution in [0.1, 0.15) is 40.5 Å². The van der Waals surface area contributed by atoms with E-state index in [1.54, 1.807) is 13.0 Å². The summed E-state index contributed by atoms with van der Waals surface area (Å²) in [6.07, 6.45) is 1.77. The van der Waals surface area contributed by atoms with Gasteiger partial charge in [-0.2, -0.15) is 0 Å². The smallest absolute Gasteiger partial charge is 0.159 e. The predicted molar refractivity (Wildman–Crippen MR) is 68.9 cm³/mol. The Labute approximate surface area is 108 Å². The van der Waals surface area contributed by atoms with Crippen molar-refractivity contribution in [2.24, 2.45) is 23.2 Å². The highest BCUT2D eigenvalue weighted by Crippen LogP contribution is 2.55. The second kappa shape index (κ2) is 4.30. The Hall–Kier alpha value is -0.960. The number of hydrogen-bond acceptors (Lipinski definition) is 3. The molecule has 0 amide bonds. The monoisotopic (exact) mass is 250 g/mol. The second-order valence-electron chi connectivity index (χ2n) is 6.30. The molecule has 18 heavy (non-hydrogen) atoms. The van der Waals surface area contributed by atoms with Crippen molar-refractivity contribution in [1.29, 1.82) is 0 Å². The van der Waals surface area contributed by atoms with Gasteiger partial charge in [-0.15, -0.1) is 0 Å². The third kappa shape index (κ3) is 1.68. The zero-order valence-electron chi connectivity index (χ0n) is 11.6. The summed E-state index contributed by atoms with van der Waals surface area (Å²) < 4.78 is 0. The van der Waals surface area contributed by atoms with Crippen LogP contribution in [0.3, 0.4) is 0 Å². The van der Waals surface area contributed by atoms with Crippen molar-refractivity contribution >= 4 is 11.6 Å². The van der Waals surface area contributed by atoms with Crippen molar-refractivity contribution in [3.8, 4) is 0 Å². The molecule has 2 aliphatic rings. The van der Waals surface area contributed by atoms with Crippen LogP contribution < -0.4 is 0 Å². The van der Waals surface area contributed by atoms with E-state index in [0.717, 1.165) is 0 Å². The molecular formula is C15H22O3. The van der Waals surface area contributed by atoms with Gasteiger partial charge in [0.05, 0.1) is 6.10 Å². The minimum atomic E-state index is -0.677. The van der Waals surface area contributed by atoms with Crippen molar-refractivity contribution in [1.82, 2.24) is 0 Å². The Morgan fingerprint density at radius 2 is 2.00 bits per heavy atom. The number of carbonyl (C=O) groups excluding carboxylic acids is 2. The molecule has 0 saturated heterocycles. The van der Waals surface area contributed by atoms with Gasteiger partial charge in [0.15, 0.2) is 5.78 Å². The molecule has 1 unspecified atom stereocenters. The van der Waals surface area contributed by atoms with Crippen LogP contribution in [0.4, 0.5) is 0 Å². The molecule has 0 aromatic rings. The molecule has 1 saturated carbocycles. The number of rotatable bonds is 1. The molecule has 3 heteroatoms. The topological polar surface area (TPSA) is 54.4 Å². The molecule has 2 aliphatic carbocycles. The SMILES string of the molecule is CC1=CC(O)[C@@]2(CC1=O)[C@@H](C(C)C)C(=O)C[C@@H]2C. The summed E-state index contributed by atoms with van der Waals surface area (Å²) in [5, 5.41) is 10.5. The minimum Gasteiger partial charge on any atom is -0.388 e. The van der Waals surface area contributed by atoms with Crippen molar-refractivity contribution < 1.29 is 14.7 Å². The second-order valence-corrected chi connectivity index (χ2v) is 6.30. The van der Waals surface area contributed by atoms with Crippen LogP contribution in [0, 0.1) is 23.2 Å². The van der Waals surface area contributed by atoms with Crippen LogP contribution in [-0.4, -0.2) is 22.8 Å². The van der Waals surface area contributed by atoms with Crippen LogP contribution in [0.15, 0.2) is 11.6 Å². The van der Waals surface area contributed by atoms with Gasteiger partial charge in [0, 0.05) is 24.2 Å². The maximum absolute atomic E-state index is 12.2. The average molecular weight is 250 g/mol. The summed E-state index contributed by atoms with van der Waals surface area (Å²) in [6, 6.07) is 0. The number of hydrogen-bond donors (Lipinski definition) is 1. The van der Waals surface area contributed by atoms with E-state index < -0.39 is 11.5 Å². The lowest BCUT2D eigenvalue weighted by Gasteiger charge is -2.44. The van der Waals surface area contributed by atoms with Gasteiger partial charge >= 0.3 is 0 Å². The lowest BCUT2D eigenvalue weighted by Crippen LogP contribution is -2.48. The van der Waals surface area contributed by atoms with Crippen LogP contribution in [0.25, 0.3) is 0 Å². The largest absolute Gasteiger partial charge is 0.388 e. The van der Waals surface area contributed by atoms with Crippen molar-refractivity contribution in [3.05, 3.63) is 11.6 Å². The fourth-order valence-electron chi connectivity index (χ4n) is 3.98. The first-order chi connectivity index (χ1) is 8.30. The zero-order chi connectivity index (χ0) is 13.7. The Morgan fingerprint density at radius 3 is 2.56 bits per heavy atom. The highest BCUT2D eigenvalue weighted by Gasteiger charge is 2.59. The molecule has 1 spiro atoms. The summed E-state index contributed by atoms with van der Waals surface area (Å²) in [5.74, 6) is 0.318. The van der Waals surface area contributed by atoms with Gasteiger partial charge in [-0.05, 0) is 30.4 Å². The number of carbonyl (C=O) groups is 2. The van der Waals surface area contributed by atoms with Gasteiger partial charge in [0.1, 0.15) is 5.78 Å². The molecule has 0 bridgehead atoms. The molecular weight excluding hydrogens is 228 g/mol. The van der Waals surface area contributed by atoms with Gasteiger partial charge in [-0.1, -0.05) is 20.8 Å². The van der Waals surface area contributed by atoms with Crippen molar-refractivity contribution in [2.45, 2.75) is 46.6 Å². The molecule has 4 atom stereocenters. The van der Waals surface area contributed by atoms with Gasteiger partial charge in [-0.25, -0.2) is 0 Å². The lowest BCUT2D eigenvalue weighted by molar-refractivity contribution is -0.131. The molecule has 0 radical (unpaired) electrons. The summed E-state index contributed by atoms with van der Waals surface area (Å²) in [5.41, 5.74) is 0.0594. The first-order valence-corrected chi connectivity index (χ1v) is 6.73. The molecule has 0 heterocycles. The molecule has 3 nitrogen and oxygen atoms in total. The molecule has 1 N–H and O–H groups in total. The normalized spacial score (nSPS) is 40.8. The lowest BCUT2D eigenvalue weighted by atomic mass is 9.60. The van der Waals surface area contributed by atoms with Crippen LogP contribution >= 0.6 is 0 Å².